The van der Waals surface area contributed by atoms with Crippen LogP contribution in [0.4, 0.5) is 5.69 Å². The van der Waals surface area contributed by atoms with Crippen molar-refractivity contribution in [3.63, 3.8) is 0 Å². The number of carbonyl (C=O) groups excluding carboxylic acids is 2. The maximum Gasteiger partial charge on any atom is 0.238 e. The van der Waals surface area contributed by atoms with Gasteiger partial charge in [-0.25, -0.2) is 0 Å². The molecule has 6 rings (SSSR count). The van der Waals surface area contributed by atoms with Crippen LogP contribution in [0.5, 0.6) is 5.75 Å². The first kappa shape index (κ1) is 31.2. The van der Waals surface area contributed by atoms with Crippen LogP contribution >= 0.6 is 0 Å². The Balaban J connectivity index is 1.32. The molecule has 3 aromatic carbocycles. The summed E-state index contributed by atoms with van der Waals surface area (Å²) in [5, 5.41) is 32.1. The smallest absolute Gasteiger partial charge is 0.238 e. The fourth-order valence-corrected chi connectivity index (χ4v) is 6.74. The number of para-hydroxylation sites is 2. The van der Waals surface area contributed by atoms with Crippen molar-refractivity contribution in [2.45, 2.75) is 32.0 Å². The number of hydrogen-bond acceptors (Lipinski definition) is 7. The Bertz CT molecular complexity index is 1710. The van der Waals surface area contributed by atoms with Gasteiger partial charge < -0.3 is 24.5 Å². The fourth-order valence-electron chi connectivity index (χ4n) is 6.74. The lowest BCUT2D eigenvalue weighted by atomic mass is 9.68. The van der Waals surface area contributed by atoms with Crippen LogP contribution in [-0.4, -0.2) is 46.5 Å². The highest BCUT2D eigenvalue weighted by atomic mass is 16.5. The summed E-state index contributed by atoms with van der Waals surface area (Å²) in [5.74, 6) is -1.22. The average Bonchev–Trinajstić information content (AvgIpc) is 3.66. The molecule has 2 amide bonds. The monoisotopic (exact) mass is 619 g/mol. The first-order valence-corrected chi connectivity index (χ1v) is 15.6. The second kappa shape index (κ2) is 14.1. The van der Waals surface area contributed by atoms with Crippen molar-refractivity contribution in [1.29, 1.82) is 0 Å². The number of benzene rings is 3. The minimum atomic E-state index is -1.02. The average molecular weight is 620 g/mol. The molecule has 4 aromatic rings. The molecule has 2 aliphatic rings. The Morgan fingerprint density at radius 2 is 1.57 bits per heavy atom. The lowest BCUT2D eigenvalue weighted by Gasteiger charge is -2.36. The van der Waals surface area contributed by atoms with Crippen molar-refractivity contribution in [2.24, 2.45) is 17.8 Å². The molecule has 4 atom stereocenters. The van der Waals surface area contributed by atoms with Crippen molar-refractivity contribution >= 4 is 29.2 Å². The van der Waals surface area contributed by atoms with Gasteiger partial charge in [-0.2, -0.15) is 0 Å². The number of carbonyl (C=O) groups is 2. The first-order chi connectivity index (χ1) is 22.5. The third-order valence-corrected chi connectivity index (χ3v) is 8.90. The van der Waals surface area contributed by atoms with Crippen LogP contribution in [-0.2, 0) is 16.2 Å². The fraction of sp³-hybridized carbons (Fsp3) is 0.263. The molecule has 0 saturated carbocycles. The molecule has 1 saturated heterocycles. The van der Waals surface area contributed by atoms with E-state index in [4.69, 9.17) is 9.15 Å². The van der Waals surface area contributed by atoms with Gasteiger partial charge in [0.15, 0.2) is 0 Å². The number of allylic oxidation sites excluding steroid dienone is 1. The Labute approximate surface area is 267 Å². The van der Waals surface area contributed by atoms with E-state index < -0.39 is 30.5 Å². The van der Waals surface area contributed by atoms with Crippen LogP contribution in [0, 0.1) is 17.8 Å². The molecule has 0 spiro atoms. The normalized spacial score (nSPS) is 20.6. The Hall–Kier alpha value is -4.76. The summed E-state index contributed by atoms with van der Waals surface area (Å²) in [6.45, 7) is -0.495. The molecule has 3 N–H and O–H groups in total. The highest BCUT2D eigenvalue weighted by Gasteiger charge is 2.55. The van der Waals surface area contributed by atoms with Gasteiger partial charge in [0.2, 0.25) is 11.8 Å². The van der Waals surface area contributed by atoms with E-state index in [-0.39, 0.29) is 37.9 Å². The molecule has 1 aliphatic carbocycles. The van der Waals surface area contributed by atoms with Gasteiger partial charge in [-0.05, 0) is 84.0 Å². The first-order valence-electron chi connectivity index (χ1n) is 15.6. The molecule has 0 unspecified atom stereocenters. The van der Waals surface area contributed by atoms with Crippen molar-refractivity contribution in [1.82, 2.24) is 0 Å². The van der Waals surface area contributed by atoms with Crippen LogP contribution in [0.25, 0.3) is 11.6 Å². The number of imide groups is 1. The van der Waals surface area contributed by atoms with Crippen LogP contribution in [0.2, 0.25) is 0 Å². The number of furan rings is 1. The summed E-state index contributed by atoms with van der Waals surface area (Å²) in [4.78, 5) is 28.8. The van der Waals surface area contributed by atoms with Gasteiger partial charge in [-0.3, -0.25) is 14.5 Å². The van der Waals surface area contributed by atoms with Gasteiger partial charge in [-0.1, -0.05) is 66.7 Å². The number of ether oxygens (including phenoxy) is 1. The zero-order valence-corrected chi connectivity index (χ0v) is 25.4. The Kier molecular flexibility index (Phi) is 9.59. The highest BCUT2D eigenvalue weighted by Crippen LogP contribution is 2.47. The maximum atomic E-state index is 13.9. The number of hydrogen-bond donors (Lipinski definition) is 3. The van der Waals surface area contributed by atoms with E-state index in [0.29, 0.717) is 35.0 Å². The van der Waals surface area contributed by atoms with Crippen LogP contribution in [0.15, 0.2) is 119 Å². The predicted octanol–water partition coefficient (Wildman–Crippen LogP) is 5.65. The largest absolute Gasteiger partial charge is 0.489 e. The molecule has 8 nitrogen and oxygen atoms in total. The predicted molar refractivity (Wildman–Crippen MR) is 174 cm³/mol. The maximum absolute atomic E-state index is 13.9. The summed E-state index contributed by atoms with van der Waals surface area (Å²) >= 11 is 0. The van der Waals surface area contributed by atoms with Gasteiger partial charge in [0.25, 0.3) is 0 Å². The van der Waals surface area contributed by atoms with Crippen molar-refractivity contribution in [3.8, 4) is 5.75 Å². The van der Waals surface area contributed by atoms with Gasteiger partial charge in [0, 0.05) is 5.92 Å². The molecule has 0 bridgehead atoms. The number of rotatable bonds is 12. The highest BCUT2D eigenvalue weighted by molar-refractivity contribution is 6.22. The molecular formula is C38H37NO7. The lowest BCUT2D eigenvalue weighted by Crippen LogP contribution is -2.40. The minimum Gasteiger partial charge on any atom is -0.489 e. The van der Waals surface area contributed by atoms with E-state index in [1.165, 1.54) is 4.90 Å². The minimum absolute atomic E-state index is 0.112. The van der Waals surface area contributed by atoms with E-state index in [2.05, 4.69) is 0 Å². The van der Waals surface area contributed by atoms with E-state index in [1.807, 2.05) is 72.8 Å². The van der Waals surface area contributed by atoms with E-state index in [0.717, 1.165) is 16.7 Å². The molecule has 2 heterocycles. The Morgan fingerprint density at radius 1 is 0.891 bits per heavy atom. The SMILES string of the molecule is O=C1[C@@H]2[C@@H](CC(COc3ccccc3)=C([C@H](O)CC/C(=C/c3ccc(CO)o3)c3ccccc3)[C@@H]2CO)C(=O)N1c1ccccc1. The van der Waals surface area contributed by atoms with Gasteiger partial charge >= 0.3 is 0 Å². The van der Waals surface area contributed by atoms with Crippen molar-refractivity contribution < 1.29 is 34.1 Å². The summed E-state index contributed by atoms with van der Waals surface area (Å²) in [6.07, 6.45) is 1.86. The van der Waals surface area contributed by atoms with Crippen molar-refractivity contribution in [2.75, 3.05) is 18.1 Å². The molecule has 1 aliphatic heterocycles. The molecule has 236 valence electrons. The Morgan fingerprint density at radius 3 is 2.22 bits per heavy atom. The second-order valence-corrected chi connectivity index (χ2v) is 11.7. The van der Waals surface area contributed by atoms with E-state index in [1.54, 1.807) is 36.4 Å². The molecule has 1 aromatic heterocycles. The third kappa shape index (κ3) is 6.46. The van der Waals surface area contributed by atoms with Crippen LogP contribution in [0.1, 0.15) is 36.3 Å². The zero-order valence-electron chi connectivity index (χ0n) is 25.4. The zero-order chi connectivity index (χ0) is 32.0. The molecular weight excluding hydrogens is 582 g/mol. The second-order valence-electron chi connectivity index (χ2n) is 11.7. The number of nitrogens with zero attached hydrogens (tertiary/aromatic N) is 1. The van der Waals surface area contributed by atoms with E-state index >= 15 is 0 Å². The number of aliphatic hydroxyl groups excluding tert-OH is 3. The van der Waals surface area contributed by atoms with Gasteiger partial charge in [-0.15, -0.1) is 0 Å². The number of aliphatic hydroxyl groups is 3. The molecule has 46 heavy (non-hydrogen) atoms. The quantitative estimate of drug-likeness (QED) is 0.139. The summed E-state index contributed by atoms with van der Waals surface area (Å²) in [5.41, 5.74) is 3.64. The molecule has 1 fully saturated rings. The van der Waals surface area contributed by atoms with Crippen molar-refractivity contribution in [3.05, 3.63) is 131 Å². The topological polar surface area (TPSA) is 120 Å². The number of fused-ring (bicyclic) bond motifs is 1. The summed E-state index contributed by atoms with van der Waals surface area (Å²) in [7, 11) is 0. The summed E-state index contributed by atoms with van der Waals surface area (Å²) < 4.78 is 11.9. The number of anilines is 1. The number of amides is 2. The summed E-state index contributed by atoms with van der Waals surface area (Å²) in [6, 6.07) is 31.4. The van der Waals surface area contributed by atoms with Crippen LogP contribution < -0.4 is 9.64 Å². The lowest BCUT2D eigenvalue weighted by molar-refractivity contribution is -0.123. The van der Waals surface area contributed by atoms with Gasteiger partial charge in [0.05, 0.1) is 30.2 Å². The molecule has 0 radical (unpaired) electrons. The standard InChI is InChI=1S/C38H37NO7/c40-22-31-18-17-30(46-31)20-26(25-10-4-1-5-11-25)16-19-34(42)35-27(24-45-29-14-8-3-9-15-29)21-32-36(33(35)23-41)38(44)39(37(32)43)28-12-6-2-7-13-28/h1-15,17-18,20,32-34,36,40-42H,16,19,21-24H2/b26-20-/t32-,33+,34-,36-/m1/s1. The van der Waals surface area contributed by atoms with Crippen LogP contribution in [0.3, 0.4) is 0 Å². The van der Waals surface area contributed by atoms with E-state index in [9.17, 15) is 24.9 Å². The van der Waals surface area contributed by atoms with Gasteiger partial charge in [0.1, 0.15) is 30.5 Å². The third-order valence-electron chi connectivity index (χ3n) is 8.90. The molecule has 8 heteroatoms.